The number of ether oxygens (including phenoxy) is 1. The van der Waals surface area contributed by atoms with E-state index >= 15 is 0 Å². The van der Waals surface area contributed by atoms with Crippen LogP contribution in [0, 0.1) is 0 Å². The van der Waals surface area contributed by atoms with Gasteiger partial charge in [-0.05, 0) is 12.5 Å². The van der Waals surface area contributed by atoms with Gasteiger partial charge in [-0.15, -0.1) is 0 Å². The van der Waals surface area contributed by atoms with Crippen molar-refractivity contribution in [1.29, 1.82) is 0 Å². The molecule has 2 aromatic heterocycles. The molecule has 0 aliphatic carbocycles. The number of rotatable bonds is 9. The van der Waals surface area contributed by atoms with E-state index in [1.54, 1.807) is 6.07 Å². The number of hydrogen-bond acceptors (Lipinski definition) is 9. The predicted molar refractivity (Wildman–Crippen MR) is 129 cm³/mol. The van der Waals surface area contributed by atoms with Gasteiger partial charge in [0.25, 0.3) is 0 Å². The Bertz CT molecular complexity index is 1320. The zero-order chi connectivity index (χ0) is 26.3. The monoisotopic (exact) mass is 562 g/mol. The number of nitrogens with zero attached hydrogens (tertiary/aromatic N) is 3. The maximum absolute atomic E-state index is 11.9. The molecular weight excluding hydrogens is 538 g/mol. The second-order valence-corrected chi connectivity index (χ2v) is 12.8. The number of nitrogens with one attached hydrogen (secondary N) is 1. The fraction of sp³-hybridized carbons (Fsp3) is 0.400. The number of hydrogen-bond donors (Lipinski definition) is 6. The van der Waals surface area contributed by atoms with E-state index < -0.39 is 52.1 Å². The quantitative estimate of drug-likeness (QED) is 0.208. The second kappa shape index (κ2) is 10.5. The molecule has 2 unspecified atom stereocenters. The third-order valence-electron chi connectivity index (χ3n) is 5.59. The number of halogens is 1. The van der Waals surface area contributed by atoms with Gasteiger partial charge in [-0.3, -0.25) is 9.13 Å². The van der Waals surface area contributed by atoms with Crippen molar-refractivity contribution in [2.45, 2.75) is 37.4 Å². The van der Waals surface area contributed by atoms with Crippen LogP contribution in [0.2, 0.25) is 5.15 Å². The van der Waals surface area contributed by atoms with E-state index in [4.69, 9.17) is 30.6 Å². The van der Waals surface area contributed by atoms with Gasteiger partial charge in [0.1, 0.15) is 24.4 Å². The Morgan fingerprint density at radius 2 is 1.89 bits per heavy atom. The third kappa shape index (κ3) is 6.15. The van der Waals surface area contributed by atoms with Gasteiger partial charge in [-0.1, -0.05) is 41.9 Å². The third-order valence-corrected chi connectivity index (χ3v) is 9.23. The molecule has 13 nitrogen and oxygen atoms in total. The lowest BCUT2D eigenvalue weighted by molar-refractivity contribution is -0.0204. The second-order valence-electron chi connectivity index (χ2n) is 8.39. The van der Waals surface area contributed by atoms with Crippen LogP contribution in [0.3, 0.4) is 0 Å². The van der Waals surface area contributed by atoms with E-state index in [0.717, 1.165) is 5.56 Å². The van der Waals surface area contributed by atoms with Gasteiger partial charge in [0.15, 0.2) is 16.7 Å². The highest BCUT2D eigenvalue weighted by atomic mass is 35.5. The van der Waals surface area contributed by atoms with Gasteiger partial charge < -0.3 is 39.5 Å². The first-order valence-corrected chi connectivity index (χ1v) is 14.7. The molecule has 0 amide bonds. The van der Waals surface area contributed by atoms with Crippen molar-refractivity contribution in [3.63, 3.8) is 0 Å². The first-order chi connectivity index (χ1) is 16.8. The lowest BCUT2D eigenvalue weighted by Gasteiger charge is -2.18. The van der Waals surface area contributed by atoms with Crippen LogP contribution < -0.4 is 5.32 Å². The Morgan fingerprint density at radius 1 is 1.19 bits per heavy atom. The zero-order valence-electron chi connectivity index (χ0n) is 18.8. The number of aromatic nitrogens is 3. The van der Waals surface area contributed by atoms with E-state index in [1.165, 1.54) is 10.7 Å². The normalized spacial score (nSPS) is 25.1. The van der Waals surface area contributed by atoms with Crippen molar-refractivity contribution in [3.05, 3.63) is 59.0 Å². The van der Waals surface area contributed by atoms with E-state index in [1.807, 2.05) is 37.3 Å². The molecular formula is C20H25ClN4O9P2. The molecule has 16 heteroatoms. The highest BCUT2D eigenvalue weighted by Crippen LogP contribution is 2.55. The molecule has 0 saturated carbocycles. The molecule has 36 heavy (non-hydrogen) atoms. The summed E-state index contributed by atoms with van der Waals surface area (Å²) in [4.78, 5) is 31.9. The van der Waals surface area contributed by atoms with E-state index in [9.17, 15) is 24.2 Å². The molecule has 1 fully saturated rings. The standard InChI is InChI=1S/C20H25ClN4O9P2/c1-11(12-5-3-2-4-6-12)23-13-7-16(21)24-25-14(8-22-20(13)25)19-18(27)17(26)15(34-19)9-33-36(31,32)10-35(28,29)30/h2-8,11,15,17-19,23,26-27H,9-10H2,1H3,(H,31,32)(H2,28,29,30)/t11-,15+,17+,18+,19?/m0/s1. The first-order valence-electron chi connectivity index (χ1n) is 10.7. The minimum Gasteiger partial charge on any atom is -0.387 e. The van der Waals surface area contributed by atoms with Crippen molar-refractivity contribution < 1.29 is 43.3 Å². The van der Waals surface area contributed by atoms with E-state index in [-0.39, 0.29) is 16.9 Å². The summed E-state index contributed by atoms with van der Waals surface area (Å²) in [5.41, 5.74) is 2.21. The average molecular weight is 563 g/mol. The van der Waals surface area contributed by atoms with Crippen LogP contribution in [0.25, 0.3) is 5.65 Å². The summed E-state index contributed by atoms with van der Waals surface area (Å²) in [6.45, 7) is 1.26. The summed E-state index contributed by atoms with van der Waals surface area (Å²) < 4.78 is 34.7. The Morgan fingerprint density at radius 3 is 2.56 bits per heavy atom. The molecule has 0 spiro atoms. The van der Waals surface area contributed by atoms with Crippen LogP contribution in [0.5, 0.6) is 0 Å². The number of benzene rings is 1. The van der Waals surface area contributed by atoms with Crippen LogP contribution in [0.15, 0.2) is 42.6 Å². The zero-order valence-corrected chi connectivity index (χ0v) is 21.4. The van der Waals surface area contributed by atoms with Gasteiger partial charge in [-0.25, -0.2) is 9.50 Å². The maximum atomic E-state index is 11.9. The lowest BCUT2D eigenvalue weighted by atomic mass is 10.1. The largest absolute Gasteiger partial charge is 0.387 e. The Hall–Kier alpha value is -1.89. The molecule has 6 atom stereocenters. The van der Waals surface area contributed by atoms with Crippen LogP contribution in [0.1, 0.15) is 30.3 Å². The van der Waals surface area contributed by atoms with Crippen molar-refractivity contribution in [3.8, 4) is 0 Å². The van der Waals surface area contributed by atoms with Crippen molar-refractivity contribution in [2.24, 2.45) is 0 Å². The topological polar surface area (TPSA) is 196 Å². The summed E-state index contributed by atoms with van der Waals surface area (Å²) in [5.74, 6) is -1.39. The molecule has 1 saturated heterocycles. The average Bonchev–Trinajstić information content (AvgIpc) is 3.32. The maximum Gasteiger partial charge on any atom is 0.340 e. The van der Waals surface area contributed by atoms with Gasteiger partial charge in [0, 0.05) is 12.1 Å². The molecule has 1 aromatic carbocycles. The number of fused-ring (bicyclic) bond motifs is 1. The minimum absolute atomic E-state index is 0.104. The summed E-state index contributed by atoms with van der Waals surface area (Å²) in [5, 5.41) is 28.7. The molecule has 3 aromatic rings. The SMILES string of the molecule is C[C@H](Nc1cc(Cl)nn2c(C3O[C@H](COP(=O)(O)CP(=O)(O)O)[C@@H](O)[C@H]3O)cnc12)c1ccccc1. The molecule has 0 bridgehead atoms. The lowest BCUT2D eigenvalue weighted by Crippen LogP contribution is -2.33. The highest BCUT2D eigenvalue weighted by Gasteiger charge is 2.46. The number of anilines is 1. The molecule has 1 aliphatic heterocycles. The summed E-state index contributed by atoms with van der Waals surface area (Å²) in [6.07, 6.45) is -4.06. The van der Waals surface area contributed by atoms with E-state index in [2.05, 4.69) is 15.4 Å². The van der Waals surface area contributed by atoms with Crippen molar-refractivity contribution >= 4 is 38.1 Å². The number of aliphatic hydroxyl groups is 2. The van der Waals surface area contributed by atoms with E-state index in [0.29, 0.717) is 11.3 Å². The minimum atomic E-state index is -4.82. The highest BCUT2D eigenvalue weighted by molar-refractivity contribution is 7.70. The van der Waals surface area contributed by atoms with Crippen LogP contribution in [-0.4, -0.2) is 70.3 Å². The summed E-state index contributed by atoms with van der Waals surface area (Å²) in [6, 6.07) is 11.2. The van der Waals surface area contributed by atoms with Crippen molar-refractivity contribution in [1.82, 2.24) is 14.6 Å². The molecule has 6 N–H and O–H groups in total. The summed E-state index contributed by atoms with van der Waals surface area (Å²) >= 11 is 6.24. The Kier molecular flexibility index (Phi) is 7.89. The smallest absolute Gasteiger partial charge is 0.340 e. The molecule has 0 radical (unpaired) electrons. The fourth-order valence-corrected chi connectivity index (χ4v) is 6.66. The Balaban J connectivity index is 1.55. The van der Waals surface area contributed by atoms with Crippen LogP contribution in [-0.2, 0) is 18.4 Å². The van der Waals surface area contributed by atoms with Crippen LogP contribution >= 0.6 is 26.8 Å². The van der Waals surface area contributed by atoms with Gasteiger partial charge >= 0.3 is 15.2 Å². The molecule has 3 heterocycles. The van der Waals surface area contributed by atoms with Crippen LogP contribution in [0.4, 0.5) is 5.69 Å². The van der Waals surface area contributed by atoms with Crippen molar-refractivity contribution in [2.75, 3.05) is 17.8 Å². The summed E-state index contributed by atoms with van der Waals surface area (Å²) in [7, 11) is -9.50. The molecule has 196 valence electrons. The van der Waals surface area contributed by atoms with Gasteiger partial charge in [0.2, 0.25) is 0 Å². The van der Waals surface area contributed by atoms with Gasteiger partial charge in [0.05, 0.1) is 24.2 Å². The van der Waals surface area contributed by atoms with Gasteiger partial charge in [-0.2, -0.15) is 5.10 Å². The number of imidazole rings is 1. The molecule has 1 aliphatic rings. The molecule has 4 rings (SSSR count). The Labute approximate surface area is 210 Å². The fourth-order valence-electron chi connectivity index (χ4n) is 3.91. The predicted octanol–water partition coefficient (Wildman–Crippen LogP) is 2.05. The number of aliphatic hydroxyl groups excluding tert-OH is 2. The first kappa shape index (κ1) is 27.2.